The number of nitrogens with zero attached hydrogens (tertiary/aromatic N) is 1. The van der Waals surface area contributed by atoms with Gasteiger partial charge in [0.05, 0.1) is 0 Å². The number of benzene rings is 2. The quantitative estimate of drug-likeness (QED) is 0.821. The van der Waals surface area contributed by atoms with E-state index in [-0.39, 0.29) is 11.8 Å². The number of amides is 2. The molecule has 0 aliphatic carbocycles. The highest BCUT2D eigenvalue weighted by Gasteiger charge is 2.31. The van der Waals surface area contributed by atoms with Crippen LogP contribution in [-0.4, -0.2) is 48.9 Å². The van der Waals surface area contributed by atoms with Crippen molar-refractivity contribution in [2.45, 2.75) is 44.2 Å². The third-order valence-corrected chi connectivity index (χ3v) is 6.20. The molecule has 2 saturated heterocycles. The standard InChI is InChI=1S/C24H29N3O2/c1-25-23(28)19-10-6-17(7-11-19)18-8-12-20(13-9-18)24(29)27-15-3-5-22(27)16-21-4-2-14-26-21/h6-13,21-22,26H,2-5,14-16H2,1H3,(H,25,28)/t21?,22-/m0/s1. The van der Waals surface area contributed by atoms with E-state index in [9.17, 15) is 9.59 Å². The number of hydrogen-bond acceptors (Lipinski definition) is 3. The fourth-order valence-electron chi connectivity index (χ4n) is 4.56. The van der Waals surface area contributed by atoms with Crippen molar-refractivity contribution >= 4 is 11.8 Å². The first-order chi connectivity index (χ1) is 14.2. The maximum absolute atomic E-state index is 13.1. The molecule has 1 unspecified atom stereocenters. The highest BCUT2D eigenvalue weighted by atomic mass is 16.2. The zero-order valence-corrected chi connectivity index (χ0v) is 17.0. The third-order valence-electron chi connectivity index (χ3n) is 6.20. The molecule has 0 radical (unpaired) electrons. The second kappa shape index (κ2) is 8.78. The summed E-state index contributed by atoms with van der Waals surface area (Å²) in [6.07, 6.45) is 5.75. The lowest BCUT2D eigenvalue weighted by atomic mass is 10.0. The Morgan fingerprint density at radius 2 is 1.62 bits per heavy atom. The molecular weight excluding hydrogens is 362 g/mol. The molecule has 2 aromatic rings. The summed E-state index contributed by atoms with van der Waals surface area (Å²) in [5.74, 6) is 0.0532. The lowest BCUT2D eigenvalue weighted by molar-refractivity contribution is 0.0724. The van der Waals surface area contributed by atoms with Gasteiger partial charge in [0.15, 0.2) is 0 Å². The molecule has 2 aromatic carbocycles. The fourth-order valence-corrected chi connectivity index (χ4v) is 4.56. The predicted molar refractivity (Wildman–Crippen MR) is 115 cm³/mol. The van der Waals surface area contributed by atoms with Crippen molar-refractivity contribution in [3.8, 4) is 11.1 Å². The zero-order chi connectivity index (χ0) is 20.2. The van der Waals surface area contributed by atoms with Crippen LogP contribution in [0.2, 0.25) is 0 Å². The third kappa shape index (κ3) is 4.35. The van der Waals surface area contributed by atoms with Crippen molar-refractivity contribution < 1.29 is 9.59 Å². The number of carbonyl (C=O) groups is 2. The second-order valence-corrected chi connectivity index (χ2v) is 8.06. The fraction of sp³-hybridized carbons (Fsp3) is 0.417. The van der Waals surface area contributed by atoms with Crippen LogP contribution < -0.4 is 10.6 Å². The smallest absolute Gasteiger partial charge is 0.254 e. The van der Waals surface area contributed by atoms with Crippen LogP contribution in [0.4, 0.5) is 0 Å². The van der Waals surface area contributed by atoms with Crippen LogP contribution in [0.25, 0.3) is 11.1 Å². The van der Waals surface area contributed by atoms with Gasteiger partial charge in [0.25, 0.3) is 11.8 Å². The Hall–Kier alpha value is -2.66. The molecule has 5 heteroatoms. The van der Waals surface area contributed by atoms with Gasteiger partial charge in [0.2, 0.25) is 0 Å². The van der Waals surface area contributed by atoms with Gasteiger partial charge in [-0.15, -0.1) is 0 Å². The zero-order valence-electron chi connectivity index (χ0n) is 17.0. The van der Waals surface area contributed by atoms with Crippen molar-refractivity contribution in [1.82, 2.24) is 15.5 Å². The minimum atomic E-state index is -0.0922. The lowest BCUT2D eigenvalue weighted by Gasteiger charge is -2.27. The van der Waals surface area contributed by atoms with Crippen molar-refractivity contribution in [2.75, 3.05) is 20.1 Å². The largest absolute Gasteiger partial charge is 0.355 e. The first kappa shape index (κ1) is 19.6. The van der Waals surface area contributed by atoms with Crippen LogP contribution in [0, 0.1) is 0 Å². The number of likely N-dealkylation sites (tertiary alicyclic amines) is 1. The van der Waals surface area contributed by atoms with Crippen molar-refractivity contribution in [3.05, 3.63) is 59.7 Å². The average Bonchev–Trinajstić information content (AvgIpc) is 3.45. The van der Waals surface area contributed by atoms with Gasteiger partial charge in [-0.1, -0.05) is 24.3 Å². The van der Waals surface area contributed by atoms with Crippen molar-refractivity contribution in [1.29, 1.82) is 0 Å². The summed E-state index contributed by atoms with van der Waals surface area (Å²) in [6.45, 7) is 1.97. The van der Waals surface area contributed by atoms with E-state index in [0.29, 0.717) is 17.6 Å². The Morgan fingerprint density at radius 3 is 2.21 bits per heavy atom. The Labute approximate surface area is 172 Å². The molecule has 5 nitrogen and oxygen atoms in total. The van der Waals surface area contributed by atoms with Crippen molar-refractivity contribution in [3.63, 3.8) is 0 Å². The normalized spacial score (nSPS) is 21.3. The Balaban J connectivity index is 1.44. The molecule has 2 N–H and O–H groups in total. The molecular formula is C24H29N3O2. The minimum Gasteiger partial charge on any atom is -0.355 e. The van der Waals surface area contributed by atoms with Crippen LogP contribution in [0.5, 0.6) is 0 Å². The maximum Gasteiger partial charge on any atom is 0.254 e. The molecule has 0 aromatic heterocycles. The SMILES string of the molecule is CNC(=O)c1ccc(-c2ccc(C(=O)N3CCC[C@H]3CC3CCCN3)cc2)cc1. The second-order valence-electron chi connectivity index (χ2n) is 8.06. The number of carbonyl (C=O) groups excluding carboxylic acids is 2. The molecule has 0 spiro atoms. The van der Waals surface area contributed by atoms with Crippen LogP contribution in [0.15, 0.2) is 48.5 Å². The Bertz CT molecular complexity index is 855. The van der Waals surface area contributed by atoms with E-state index in [2.05, 4.69) is 15.5 Å². The number of hydrogen-bond donors (Lipinski definition) is 2. The van der Waals surface area contributed by atoms with Gasteiger partial charge >= 0.3 is 0 Å². The molecule has 0 saturated carbocycles. The van der Waals surface area contributed by atoms with E-state index in [1.54, 1.807) is 7.05 Å². The molecule has 2 aliphatic rings. The van der Waals surface area contributed by atoms with Gasteiger partial charge in [-0.05, 0) is 74.0 Å². The number of nitrogens with one attached hydrogen (secondary N) is 2. The molecule has 2 aliphatic heterocycles. The highest BCUT2D eigenvalue weighted by Crippen LogP contribution is 2.27. The van der Waals surface area contributed by atoms with E-state index in [1.165, 1.54) is 12.8 Å². The van der Waals surface area contributed by atoms with E-state index in [4.69, 9.17) is 0 Å². The predicted octanol–water partition coefficient (Wildman–Crippen LogP) is 3.46. The molecule has 2 heterocycles. The molecule has 152 valence electrons. The average molecular weight is 392 g/mol. The van der Waals surface area contributed by atoms with Gasteiger partial charge in [0.1, 0.15) is 0 Å². The molecule has 4 rings (SSSR count). The van der Waals surface area contributed by atoms with Gasteiger partial charge in [-0.3, -0.25) is 9.59 Å². The summed E-state index contributed by atoms with van der Waals surface area (Å²) in [6, 6.07) is 16.3. The van der Waals surface area contributed by atoms with Crippen molar-refractivity contribution in [2.24, 2.45) is 0 Å². The summed E-state index contributed by atoms with van der Waals surface area (Å²) in [5.41, 5.74) is 3.46. The Kier molecular flexibility index (Phi) is 5.95. The molecule has 2 amide bonds. The van der Waals surface area contributed by atoms with Crippen LogP contribution in [0.3, 0.4) is 0 Å². The van der Waals surface area contributed by atoms with E-state index < -0.39 is 0 Å². The van der Waals surface area contributed by atoms with E-state index in [1.807, 2.05) is 48.5 Å². The first-order valence-corrected chi connectivity index (χ1v) is 10.6. The summed E-state index contributed by atoms with van der Waals surface area (Å²) in [7, 11) is 1.63. The topological polar surface area (TPSA) is 61.4 Å². The maximum atomic E-state index is 13.1. The van der Waals surface area contributed by atoms with Gasteiger partial charge in [0, 0.05) is 36.8 Å². The lowest BCUT2D eigenvalue weighted by Crippen LogP contribution is -2.39. The monoisotopic (exact) mass is 391 g/mol. The molecule has 2 atom stereocenters. The van der Waals surface area contributed by atoms with E-state index >= 15 is 0 Å². The molecule has 29 heavy (non-hydrogen) atoms. The van der Waals surface area contributed by atoms with E-state index in [0.717, 1.165) is 49.0 Å². The molecule has 2 fully saturated rings. The minimum absolute atomic E-state index is 0.0922. The van der Waals surface area contributed by atoms with Gasteiger partial charge in [-0.2, -0.15) is 0 Å². The molecule has 0 bridgehead atoms. The Morgan fingerprint density at radius 1 is 0.966 bits per heavy atom. The van der Waals surface area contributed by atoms with Crippen LogP contribution >= 0.6 is 0 Å². The highest BCUT2D eigenvalue weighted by molar-refractivity contribution is 5.96. The van der Waals surface area contributed by atoms with Crippen LogP contribution in [-0.2, 0) is 0 Å². The first-order valence-electron chi connectivity index (χ1n) is 10.6. The van der Waals surface area contributed by atoms with Gasteiger partial charge in [-0.25, -0.2) is 0 Å². The summed E-state index contributed by atoms with van der Waals surface area (Å²) in [5, 5.41) is 6.19. The van der Waals surface area contributed by atoms with Gasteiger partial charge < -0.3 is 15.5 Å². The summed E-state index contributed by atoms with van der Waals surface area (Å²) >= 11 is 0. The summed E-state index contributed by atoms with van der Waals surface area (Å²) in [4.78, 5) is 26.9. The number of rotatable bonds is 5. The summed E-state index contributed by atoms with van der Waals surface area (Å²) < 4.78 is 0. The van der Waals surface area contributed by atoms with Crippen LogP contribution in [0.1, 0.15) is 52.8 Å².